The van der Waals surface area contributed by atoms with Crippen LogP contribution in [0.15, 0.2) is 42.5 Å². The lowest BCUT2D eigenvalue weighted by Gasteiger charge is -2.28. The zero-order valence-electron chi connectivity index (χ0n) is 20.4. The molecule has 0 N–H and O–H groups in total. The number of ether oxygens (including phenoxy) is 4. The Balaban J connectivity index is 1.51. The van der Waals surface area contributed by atoms with Crippen LogP contribution in [0.2, 0.25) is 0 Å². The normalized spacial score (nSPS) is 13.1. The van der Waals surface area contributed by atoms with Crippen LogP contribution in [0.4, 0.5) is 0 Å². The molecule has 0 atom stereocenters. The predicted molar refractivity (Wildman–Crippen MR) is 130 cm³/mol. The summed E-state index contributed by atoms with van der Waals surface area (Å²) in [5.41, 5.74) is 1.77. The van der Waals surface area contributed by atoms with Crippen molar-refractivity contribution in [2.24, 2.45) is 0 Å². The van der Waals surface area contributed by atoms with Crippen molar-refractivity contribution >= 4 is 22.7 Å². The lowest BCUT2D eigenvalue weighted by Crippen LogP contribution is -2.45. The van der Waals surface area contributed by atoms with Crippen molar-refractivity contribution in [3.63, 3.8) is 0 Å². The smallest absolute Gasteiger partial charge is 0.291 e. The summed E-state index contributed by atoms with van der Waals surface area (Å²) in [6, 6.07) is 12.8. The second kappa shape index (κ2) is 10.5. The summed E-state index contributed by atoms with van der Waals surface area (Å²) in [6.45, 7) is 0.927. The molecule has 4 rings (SSSR count). The number of aryl methyl sites for hydroxylation is 1. The second-order valence-corrected chi connectivity index (χ2v) is 8.06. The zero-order valence-corrected chi connectivity index (χ0v) is 20.4. The molecule has 1 aromatic heterocycles. The van der Waals surface area contributed by atoms with Crippen LogP contribution in [0.1, 0.15) is 28.9 Å². The van der Waals surface area contributed by atoms with E-state index in [4.69, 9.17) is 18.9 Å². The first-order valence-electron chi connectivity index (χ1n) is 11.4. The Morgan fingerprint density at radius 1 is 0.857 bits per heavy atom. The van der Waals surface area contributed by atoms with E-state index in [1.54, 1.807) is 34.5 Å². The molecule has 35 heavy (non-hydrogen) atoms. The van der Waals surface area contributed by atoms with E-state index in [0.29, 0.717) is 54.4 Å². The van der Waals surface area contributed by atoms with Crippen LogP contribution in [-0.2, 0) is 11.2 Å². The van der Waals surface area contributed by atoms with E-state index in [-0.39, 0.29) is 23.9 Å². The molecular formula is C26H29N3O6. The molecule has 0 saturated carbocycles. The fourth-order valence-corrected chi connectivity index (χ4v) is 4.30. The zero-order chi connectivity index (χ0) is 24.9. The van der Waals surface area contributed by atoms with Gasteiger partial charge in [0.2, 0.25) is 11.7 Å². The van der Waals surface area contributed by atoms with E-state index >= 15 is 0 Å². The minimum atomic E-state index is -0.326. The van der Waals surface area contributed by atoms with Crippen LogP contribution in [0.3, 0.4) is 0 Å². The highest BCUT2D eigenvalue weighted by Gasteiger charge is 2.32. The van der Waals surface area contributed by atoms with Gasteiger partial charge in [0.15, 0.2) is 11.5 Å². The van der Waals surface area contributed by atoms with Crippen LogP contribution in [0.25, 0.3) is 10.9 Å². The SMILES string of the molecule is COc1cc(CCC(=O)N2CCCN2C(=O)c2cc(OC)c3ccccc3n2)cc(OC)c1OC. The van der Waals surface area contributed by atoms with Gasteiger partial charge < -0.3 is 18.9 Å². The molecule has 2 heterocycles. The Hall–Kier alpha value is -4.01. The summed E-state index contributed by atoms with van der Waals surface area (Å²) < 4.78 is 21.6. The summed E-state index contributed by atoms with van der Waals surface area (Å²) in [5.74, 6) is 1.66. The van der Waals surface area contributed by atoms with Gasteiger partial charge in [-0.25, -0.2) is 9.99 Å². The summed E-state index contributed by atoms with van der Waals surface area (Å²) in [7, 11) is 6.21. The molecule has 9 heteroatoms. The number of hydrogen-bond donors (Lipinski definition) is 0. The van der Waals surface area contributed by atoms with Gasteiger partial charge in [-0.05, 0) is 42.7 Å². The molecule has 3 aromatic rings. The average molecular weight is 480 g/mol. The molecule has 2 amide bonds. The number of para-hydroxylation sites is 1. The average Bonchev–Trinajstić information content (AvgIpc) is 3.40. The minimum absolute atomic E-state index is 0.141. The van der Waals surface area contributed by atoms with Crippen LogP contribution < -0.4 is 18.9 Å². The maximum atomic E-state index is 13.4. The number of hydrogen-bond acceptors (Lipinski definition) is 7. The van der Waals surface area contributed by atoms with Gasteiger partial charge >= 0.3 is 0 Å². The van der Waals surface area contributed by atoms with Crippen LogP contribution in [-0.4, -0.2) is 68.3 Å². The third kappa shape index (κ3) is 4.80. The molecule has 0 spiro atoms. The molecule has 0 aliphatic carbocycles. The first-order chi connectivity index (χ1) is 17.0. The highest BCUT2D eigenvalue weighted by molar-refractivity contribution is 5.98. The number of pyridine rings is 1. The molecular weight excluding hydrogens is 450 g/mol. The minimum Gasteiger partial charge on any atom is -0.496 e. The number of carbonyl (C=O) groups excluding carboxylic acids is 2. The van der Waals surface area contributed by atoms with Gasteiger partial charge in [-0.2, -0.15) is 0 Å². The molecule has 1 aliphatic heterocycles. The van der Waals surface area contributed by atoms with E-state index < -0.39 is 0 Å². The first-order valence-corrected chi connectivity index (χ1v) is 11.4. The molecule has 9 nitrogen and oxygen atoms in total. The third-order valence-electron chi connectivity index (χ3n) is 6.02. The van der Waals surface area contributed by atoms with Crippen LogP contribution in [0, 0.1) is 0 Å². The fourth-order valence-electron chi connectivity index (χ4n) is 4.30. The molecule has 184 valence electrons. The first kappa shape index (κ1) is 24.1. The number of carbonyl (C=O) groups is 2. The monoisotopic (exact) mass is 479 g/mol. The number of nitrogens with zero attached hydrogens (tertiary/aromatic N) is 3. The van der Waals surface area contributed by atoms with Gasteiger partial charge in [0, 0.05) is 31.0 Å². The standard InChI is InChI=1S/C26H29N3O6/c1-32-21-16-20(27-19-9-6-5-8-18(19)21)26(31)29-13-7-12-28(29)24(30)11-10-17-14-22(33-2)25(35-4)23(15-17)34-3/h5-6,8-9,14-16H,7,10-13H2,1-4H3. The lowest BCUT2D eigenvalue weighted by molar-refractivity contribution is -0.140. The van der Waals surface area contributed by atoms with Crippen molar-refractivity contribution in [2.45, 2.75) is 19.3 Å². The molecule has 1 aliphatic rings. The molecule has 2 aromatic carbocycles. The van der Waals surface area contributed by atoms with E-state index in [1.807, 2.05) is 36.4 Å². The molecule has 0 bridgehead atoms. The van der Waals surface area contributed by atoms with Crippen LogP contribution >= 0.6 is 0 Å². The Morgan fingerprint density at radius 2 is 1.51 bits per heavy atom. The Kier molecular flexibility index (Phi) is 7.24. The Labute approximate surface area is 204 Å². The second-order valence-electron chi connectivity index (χ2n) is 8.06. The highest BCUT2D eigenvalue weighted by Crippen LogP contribution is 2.38. The van der Waals surface area contributed by atoms with Crippen molar-refractivity contribution in [1.29, 1.82) is 0 Å². The van der Waals surface area contributed by atoms with Crippen molar-refractivity contribution in [3.8, 4) is 23.0 Å². The molecule has 0 radical (unpaired) electrons. The largest absolute Gasteiger partial charge is 0.496 e. The van der Waals surface area contributed by atoms with E-state index in [9.17, 15) is 9.59 Å². The van der Waals surface area contributed by atoms with E-state index in [1.165, 1.54) is 10.0 Å². The number of hydrazine groups is 1. The summed E-state index contributed by atoms with van der Waals surface area (Å²) in [5, 5.41) is 3.82. The van der Waals surface area contributed by atoms with Gasteiger partial charge in [-0.3, -0.25) is 14.6 Å². The number of aromatic nitrogens is 1. The highest BCUT2D eigenvalue weighted by atomic mass is 16.5. The van der Waals surface area contributed by atoms with Crippen molar-refractivity contribution < 1.29 is 28.5 Å². The Bertz CT molecular complexity index is 1220. The predicted octanol–water partition coefficient (Wildman–Crippen LogP) is 3.49. The van der Waals surface area contributed by atoms with E-state index in [2.05, 4.69) is 4.98 Å². The number of rotatable bonds is 8. The molecule has 1 fully saturated rings. The van der Waals surface area contributed by atoms with Gasteiger partial charge in [0.25, 0.3) is 5.91 Å². The molecule has 1 saturated heterocycles. The van der Waals surface area contributed by atoms with Gasteiger partial charge in [-0.1, -0.05) is 12.1 Å². The topological polar surface area (TPSA) is 90.4 Å². The number of fused-ring (bicyclic) bond motifs is 1. The quantitative estimate of drug-likeness (QED) is 0.489. The van der Waals surface area contributed by atoms with Crippen molar-refractivity contribution in [3.05, 3.63) is 53.7 Å². The number of methoxy groups -OCH3 is 4. The number of amides is 2. The van der Waals surface area contributed by atoms with Crippen molar-refractivity contribution in [2.75, 3.05) is 41.5 Å². The maximum Gasteiger partial charge on any atom is 0.291 e. The van der Waals surface area contributed by atoms with Crippen LogP contribution in [0.5, 0.6) is 23.0 Å². The molecule has 0 unspecified atom stereocenters. The maximum absolute atomic E-state index is 13.4. The third-order valence-corrected chi connectivity index (χ3v) is 6.02. The number of benzene rings is 2. The summed E-state index contributed by atoms with van der Waals surface area (Å²) in [6.07, 6.45) is 1.37. The fraction of sp³-hybridized carbons (Fsp3) is 0.346. The Morgan fingerprint density at radius 3 is 2.17 bits per heavy atom. The van der Waals surface area contributed by atoms with E-state index in [0.717, 1.165) is 10.9 Å². The van der Waals surface area contributed by atoms with Gasteiger partial charge in [0.1, 0.15) is 11.4 Å². The summed E-state index contributed by atoms with van der Waals surface area (Å²) in [4.78, 5) is 31.0. The summed E-state index contributed by atoms with van der Waals surface area (Å²) >= 11 is 0. The lowest BCUT2D eigenvalue weighted by atomic mass is 10.1. The van der Waals surface area contributed by atoms with Gasteiger partial charge in [-0.15, -0.1) is 0 Å². The van der Waals surface area contributed by atoms with Gasteiger partial charge in [0.05, 0.1) is 34.0 Å². The van der Waals surface area contributed by atoms with Crippen molar-refractivity contribution in [1.82, 2.24) is 15.0 Å².